The van der Waals surface area contributed by atoms with Crippen LogP contribution in [0.5, 0.6) is 0 Å². The number of aromatic carboxylic acids is 1. The largest absolute Gasteiger partial charge is 0.478 e. The van der Waals surface area contributed by atoms with E-state index >= 15 is 0 Å². The molecule has 1 aliphatic rings. The van der Waals surface area contributed by atoms with Crippen LogP contribution in [0.4, 0.5) is 10.1 Å². The molecule has 138 valence electrons. The van der Waals surface area contributed by atoms with E-state index in [1.165, 1.54) is 12.1 Å². The van der Waals surface area contributed by atoms with Crippen molar-refractivity contribution in [2.75, 3.05) is 10.8 Å². The maximum Gasteiger partial charge on any atom is 0.335 e. The molecule has 0 saturated carbocycles. The average Bonchev–Trinajstić information content (AvgIpc) is 3.03. The van der Waals surface area contributed by atoms with Crippen LogP contribution >= 0.6 is 23.3 Å². The Labute approximate surface area is 164 Å². The van der Waals surface area contributed by atoms with Crippen molar-refractivity contribution in [1.82, 2.24) is 4.98 Å². The highest BCUT2D eigenvalue weighted by atomic mass is 32.2. The molecule has 0 radical (unpaired) electrons. The molecule has 4 nitrogen and oxygen atoms in total. The van der Waals surface area contributed by atoms with Gasteiger partial charge in [-0.3, -0.25) is 0 Å². The third-order valence-electron chi connectivity index (χ3n) is 4.43. The van der Waals surface area contributed by atoms with Crippen LogP contribution < -0.4 is 4.31 Å². The van der Waals surface area contributed by atoms with Crippen LogP contribution in [0.2, 0.25) is 0 Å². The summed E-state index contributed by atoms with van der Waals surface area (Å²) >= 11 is 3.19. The summed E-state index contributed by atoms with van der Waals surface area (Å²) in [5.74, 6) is -1.15. The van der Waals surface area contributed by atoms with Gasteiger partial charge in [-0.25, -0.2) is 14.2 Å². The number of carbonyl (C=O) groups is 1. The molecule has 0 amide bonds. The molecule has 0 spiro atoms. The zero-order chi connectivity index (χ0) is 18.8. The Morgan fingerprint density at radius 1 is 1.19 bits per heavy atom. The molecular weight excluding hydrogens is 383 g/mol. The van der Waals surface area contributed by atoms with Gasteiger partial charge in [-0.05, 0) is 67.3 Å². The third-order valence-corrected chi connectivity index (χ3v) is 6.63. The van der Waals surface area contributed by atoms with Gasteiger partial charge in [0.15, 0.2) is 0 Å². The minimum atomic E-state index is -0.896. The normalized spacial score (nSPS) is 13.9. The fourth-order valence-corrected chi connectivity index (χ4v) is 5.21. The number of carboxylic acid groups (broad SMARTS) is 1. The Hall–Kier alpha value is -2.38. The molecule has 1 aliphatic heterocycles. The lowest BCUT2D eigenvalue weighted by Gasteiger charge is -2.22. The average molecular weight is 400 g/mol. The van der Waals surface area contributed by atoms with Crippen molar-refractivity contribution in [3.63, 3.8) is 0 Å². The van der Waals surface area contributed by atoms with Gasteiger partial charge in [0.2, 0.25) is 0 Å². The molecule has 27 heavy (non-hydrogen) atoms. The molecule has 0 aliphatic carbocycles. The standard InChI is InChI=1S/C20H17FN2O2S2/c21-16-7-4-13(5-8-16)19-22-12-18(26-19)27-23-10-2-1-3-14-11-15(20(24)25)6-9-17(14)23/h4-9,11-12H,1-3,10H2,(H,24,25). The van der Waals surface area contributed by atoms with E-state index in [-0.39, 0.29) is 5.82 Å². The summed E-state index contributed by atoms with van der Waals surface area (Å²) in [6, 6.07) is 11.7. The molecular formula is C20H17FN2O2S2. The molecule has 3 aromatic rings. The van der Waals surface area contributed by atoms with Gasteiger partial charge < -0.3 is 9.41 Å². The quantitative estimate of drug-likeness (QED) is 0.586. The van der Waals surface area contributed by atoms with Gasteiger partial charge in [0.25, 0.3) is 0 Å². The first kappa shape index (κ1) is 18.0. The maximum atomic E-state index is 13.1. The smallest absolute Gasteiger partial charge is 0.335 e. The molecule has 0 atom stereocenters. The van der Waals surface area contributed by atoms with Gasteiger partial charge in [-0.2, -0.15) is 0 Å². The summed E-state index contributed by atoms with van der Waals surface area (Å²) in [6.07, 6.45) is 4.81. The number of nitrogens with zero attached hydrogens (tertiary/aromatic N) is 2. The molecule has 1 N–H and O–H groups in total. The van der Waals surface area contributed by atoms with Crippen LogP contribution in [0.15, 0.2) is 52.9 Å². The molecule has 2 aromatic carbocycles. The summed E-state index contributed by atoms with van der Waals surface area (Å²) in [6.45, 7) is 0.897. The van der Waals surface area contributed by atoms with E-state index in [1.54, 1.807) is 47.6 Å². The van der Waals surface area contributed by atoms with Crippen molar-refractivity contribution < 1.29 is 14.3 Å². The summed E-state index contributed by atoms with van der Waals surface area (Å²) in [7, 11) is 0. The third kappa shape index (κ3) is 3.99. The topological polar surface area (TPSA) is 53.4 Å². The van der Waals surface area contributed by atoms with Crippen molar-refractivity contribution in [2.24, 2.45) is 0 Å². The van der Waals surface area contributed by atoms with Crippen molar-refractivity contribution in [2.45, 2.75) is 23.5 Å². The second-order valence-corrected chi connectivity index (χ2v) is 8.64. The second-order valence-electron chi connectivity index (χ2n) is 6.29. The lowest BCUT2D eigenvalue weighted by atomic mass is 10.0. The summed E-state index contributed by atoms with van der Waals surface area (Å²) in [5.41, 5.74) is 3.37. The first-order valence-corrected chi connectivity index (χ1v) is 10.2. The van der Waals surface area contributed by atoms with Gasteiger partial charge in [-0.1, -0.05) is 0 Å². The number of halogens is 1. The molecule has 0 saturated heterocycles. The Morgan fingerprint density at radius 3 is 2.78 bits per heavy atom. The molecule has 0 fully saturated rings. The highest BCUT2D eigenvalue weighted by Crippen LogP contribution is 2.39. The van der Waals surface area contributed by atoms with E-state index in [4.69, 9.17) is 0 Å². The monoisotopic (exact) mass is 400 g/mol. The number of aromatic nitrogens is 1. The molecule has 0 bridgehead atoms. The number of carboxylic acids is 1. The Morgan fingerprint density at radius 2 is 2.00 bits per heavy atom. The lowest BCUT2D eigenvalue weighted by Crippen LogP contribution is -2.15. The van der Waals surface area contributed by atoms with Crippen LogP contribution in [0.25, 0.3) is 10.6 Å². The minimum absolute atomic E-state index is 0.258. The number of hydrogen-bond acceptors (Lipinski definition) is 5. The predicted molar refractivity (Wildman–Crippen MR) is 107 cm³/mol. The number of thiazole rings is 1. The van der Waals surface area contributed by atoms with Crippen LogP contribution in [0.1, 0.15) is 28.8 Å². The highest BCUT2D eigenvalue weighted by Gasteiger charge is 2.19. The van der Waals surface area contributed by atoms with E-state index in [9.17, 15) is 14.3 Å². The first-order valence-electron chi connectivity index (χ1n) is 8.63. The summed E-state index contributed by atoms with van der Waals surface area (Å²) in [5, 5.41) is 10.1. The number of aryl methyl sites for hydroxylation is 1. The van der Waals surface area contributed by atoms with Crippen molar-refractivity contribution >= 4 is 34.9 Å². The van der Waals surface area contributed by atoms with E-state index in [2.05, 4.69) is 9.29 Å². The van der Waals surface area contributed by atoms with Crippen LogP contribution in [0, 0.1) is 5.82 Å². The van der Waals surface area contributed by atoms with Gasteiger partial charge >= 0.3 is 5.97 Å². The number of benzene rings is 2. The fourth-order valence-electron chi connectivity index (χ4n) is 3.08. The number of fused-ring (bicyclic) bond motifs is 1. The number of anilines is 1. The van der Waals surface area contributed by atoms with Crippen LogP contribution in [-0.4, -0.2) is 22.6 Å². The molecule has 7 heteroatoms. The van der Waals surface area contributed by atoms with Crippen LogP contribution in [-0.2, 0) is 6.42 Å². The SMILES string of the molecule is O=C(O)c1ccc2c(c1)CCCCN2Sc1cnc(-c2ccc(F)cc2)s1. The summed E-state index contributed by atoms with van der Waals surface area (Å²) in [4.78, 5) is 15.7. The molecule has 2 heterocycles. The van der Waals surface area contributed by atoms with E-state index in [0.29, 0.717) is 5.56 Å². The second kappa shape index (κ2) is 7.70. The van der Waals surface area contributed by atoms with Crippen molar-refractivity contribution in [3.05, 3.63) is 65.6 Å². The van der Waals surface area contributed by atoms with Gasteiger partial charge in [0.05, 0.1) is 17.4 Å². The Kier molecular flexibility index (Phi) is 5.13. The van der Waals surface area contributed by atoms with Crippen molar-refractivity contribution in [1.29, 1.82) is 0 Å². The minimum Gasteiger partial charge on any atom is -0.478 e. The lowest BCUT2D eigenvalue weighted by molar-refractivity contribution is 0.0697. The Bertz CT molecular complexity index is 972. The van der Waals surface area contributed by atoms with E-state index in [1.807, 2.05) is 12.3 Å². The van der Waals surface area contributed by atoms with E-state index < -0.39 is 5.97 Å². The van der Waals surface area contributed by atoms with Gasteiger partial charge in [-0.15, -0.1) is 11.3 Å². The van der Waals surface area contributed by atoms with Crippen molar-refractivity contribution in [3.8, 4) is 10.6 Å². The Balaban J connectivity index is 1.58. The van der Waals surface area contributed by atoms with E-state index in [0.717, 1.165) is 51.8 Å². The zero-order valence-corrected chi connectivity index (χ0v) is 16.0. The molecule has 4 rings (SSSR count). The number of hydrogen-bond donors (Lipinski definition) is 1. The zero-order valence-electron chi connectivity index (χ0n) is 14.4. The maximum absolute atomic E-state index is 13.1. The van der Waals surface area contributed by atoms with Crippen LogP contribution in [0.3, 0.4) is 0 Å². The molecule has 0 unspecified atom stereocenters. The highest BCUT2D eigenvalue weighted by molar-refractivity contribution is 8.02. The predicted octanol–water partition coefficient (Wildman–Crippen LogP) is 5.50. The fraction of sp³-hybridized carbons (Fsp3) is 0.200. The number of rotatable bonds is 4. The summed E-state index contributed by atoms with van der Waals surface area (Å²) < 4.78 is 16.4. The molecule has 1 aromatic heterocycles. The van der Waals surface area contributed by atoms with Gasteiger partial charge in [0, 0.05) is 24.1 Å². The first-order chi connectivity index (χ1) is 13.1. The van der Waals surface area contributed by atoms with Gasteiger partial charge in [0.1, 0.15) is 15.0 Å².